The van der Waals surface area contributed by atoms with Gasteiger partial charge in [0, 0.05) is 12.1 Å². The number of nitrogens with one attached hydrogen (secondary N) is 1. The Bertz CT molecular complexity index is 686. The van der Waals surface area contributed by atoms with Crippen molar-refractivity contribution in [3.63, 3.8) is 0 Å². The van der Waals surface area contributed by atoms with Gasteiger partial charge in [0.05, 0.1) is 22.2 Å². The van der Waals surface area contributed by atoms with Gasteiger partial charge >= 0.3 is 0 Å². The van der Waals surface area contributed by atoms with E-state index in [1.165, 1.54) is 12.1 Å². The van der Waals surface area contributed by atoms with Crippen LogP contribution in [0.3, 0.4) is 0 Å². The molecule has 2 rings (SSSR count). The highest BCUT2D eigenvalue weighted by Crippen LogP contribution is 2.32. The van der Waals surface area contributed by atoms with E-state index in [2.05, 4.69) is 5.32 Å². The number of non-ortho nitro benzene ring substituents is 1. The molecule has 2 N–H and O–H groups in total. The van der Waals surface area contributed by atoms with Gasteiger partial charge in [-0.05, 0) is 38.5 Å². The number of nitro groups is 1. The van der Waals surface area contributed by atoms with Crippen LogP contribution in [0.1, 0.15) is 24.0 Å². The first-order valence-electron chi connectivity index (χ1n) is 6.68. The first-order chi connectivity index (χ1) is 10.2. The number of anilines is 1. The monoisotopic (exact) mass is 324 g/mol. The first-order valence-corrected chi connectivity index (χ1v) is 7.06. The minimum Gasteiger partial charge on any atom is -0.463 e. The topological polar surface area (TPSA) is 88.5 Å². The molecule has 0 fully saturated rings. The van der Waals surface area contributed by atoms with Crippen LogP contribution in [0.2, 0.25) is 5.02 Å². The molecule has 0 aliphatic heterocycles. The van der Waals surface area contributed by atoms with Crippen molar-refractivity contribution in [2.75, 3.05) is 11.9 Å². The molecule has 6 nitrogen and oxygen atoms in total. The fraction of sp³-hybridized carbons (Fsp3) is 0.333. The molecule has 0 aliphatic carbocycles. The number of halogens is 1. The molecule has 0 amide bonds. The molecule has 0 saturated heterocycles. The second kappa shape index (κ2) is 5.98. The van der Waals surface area contributed by atoms with E-state index in [9.17, 15) is 15.2 Å². The lowest BCUT2D eigenvalue weighted by molar-refractivity contribution is -0.384. The lowest BCUT2D eigenvalue weighted by atomic mass is 10.0. The molecule has 1 aromatic carbocycles. The number of furan rings is 1. The molecule has 0 bridgehead atoms. The van der Waals surface area contributed by atoms with Crippen LogP contribution in [0.5, 0.6) is 0 Å². The van der Waals surface area contributed by atoms with E-state index in [1.807, 2.05) is 0 Å². The van der Waals surface area contributed by atoms with Crippen molar-refractivity contribution < 1.29 is 14.4 Å². The van der Waals surface area contributed by atoms with Gasteiger partial charge in [-0.15, -0.1) is 0 Å². The summed E-state index contributed by atoms with van der Waals surface area (Å²) >= 11 is 6.09. The Morgan fingerprint density at radius 1 is 1.41 bits per heavy atom. The van der Waals surface area contributed by atoms with Crippen molar-refractivity contribution in [1.29, 1.82) is 0 Å². The maximum absolute atomic E-state index is 10.8. The van der Waals surface area contributed by atoms with E-state index in [0.717, 1.165) is 0 Å². The predicted octanol–water partition coefficient (Wildman–Crippen LogP) is 3.78. The molecule has 0 saturated carbocycles. The van der Waals surface area contributed by atoms with Gasteiger partial charge in [-0.3, -0.25) is 10.1 Å². The summed E-state index contributed by atoms with van der Waals surface area (Å²) < 4.78 is 5.44. The average molecular weight is 325 g/mol. The molecule has 1 heterocycles. The van der Waals surface area contributed by atoms with Crippen molar-refractivity contribution in [3.8, 4) is 0 Å². The Labute approximate surface area is 132 Å². The van der Waals surface area contributed by atoms with Gasteiger partial charge in [-0.25, -0.2) is 0 Å². The minimum atomic E-state index is -1.23. The Balaban J connectivity index is 2.19. The Hall–Kier alpha value is -2.05. The van der Waals surface area contributed by atoms with Gasteiger partial charge in [-0.1, -0.05) is 11.6 Å². The maximum Gasteiger partial charge on any atom is 0.271 e. The lowest BCUT2D eigenvalue weighted by Crippen LogP contribution is -2.30. The van der Waals surface area contributed by atoms with Crippen LogP contribution < -0.4 is 5.32 Å². The summed E-state index contributed by atoms with van der Waals surface area (Å²) in [5.74, 6) is 1.15. The molecule has 22 heavy (non-hydrogen) atoms. The molecular formula is C15H17ClN2O4. The highest BCUT2D eigenvalue weighted by molar-refractivity contribution is 6.33. The molecule has 7 heteroatoms. The van der Waals surface area contributed by atoms with Crippen molar-refractivity contribution in [1.82, 2.24) is 0 Å². The van der Waals surface area contributed by atoms with Crippen LogP contribution >= 0.6 is 11.6 Å². The number of hydrogen-bond acceptors (Lipinski definition) is 5. The third-order valence-corrected chi connectivity index (χ3v) is 3.66. The van der Waals surface area contributed by atoms with Crippen LogP contribution in [0.25, 0.3) is 0 Å². The highest BCUT2D eigenvalue weighted by atomic mass is 35.5. The summed E-state index contributed by atoms with van der Waals surface area (Å²) in [4.78, 5) is 10.3. The molecule has 1 aromatic heterocycles. The van der Waals surface area contributed by atoms with E-state index in [4.69, 9.17) is 16.0 Å². The third kappa shape index (κ3) is 3.40. The highest BCUT2D eigenvalue weighted by Gasteiger charge is 2.27. The number of rotatable bonds is 5. The normalized spacial score (nSPS) is 13.7. The summed E-state index contributed by atoms with van der Waals surface area (Å²) in [5, 5.41) is 24.5. The predicted molar refractivity (Wildman–Crippen MR) is 84.3 cm³/mol. The summed E-state index contributed by atoms with van der Waals surface area (Å²) in [6, 6.07) is 6.19. The number of nitrogens with zero attached hydrogens (tertiary/aromatic N) is 1. The number of benzene rings is 1. The zero-order valence-corrected chi connectivity index (χ0v) is 13.3. The van der Waals surface area contributed by atoms with Crippen LogP contribution in [-0.4, -0.2) is 16.6 Å². The van der Waals surface area contributed by atoms with Gasteiger partial charge in [0.1, 0.15) is 17.1 Å². The van der Waals surface area contributed by atoms with Gasteiger partial charge in [-0.2, -0.15) is 0 Å². The number of nitro benzene ring substituents is 1. The first kappa shape index (κ1) is 16.3. The Kier molecular flexibility index (Phi) is 4.44. The van der Waals surface area contributed by atoms with Crippen LogP contribution in [0.15, 0.2) is 28.7 Å². The SMILES string of the molecule is Cc1ccc(C(C)(O)CNc2c(C)cc([N+](=O)[O-])cc2Cl)o1. The summed E-state index contributed by atoms with van der Waals surface area (Å²) in [6.45, 7) is 5.28. The smallest absolute Gasteiger partial charge is 0.271 e. The summed E-state index contributed by atoms with van der Waals surface area (Å²) in [7, 11) is 0. The number of aliphatic hydroxyl groups is 1. The standard InChI is InChI=1S/C15H17ClN2O4/c1-9-6-11(18(20)21)7-12(16)14(9)17-8-15(3,19)13-5-4-10(2)22-13/h4-7,17,19H,8H2,1-3H3. The minimum absolute atomic E-state index is 0.0681. The van der Waals surface area contributed by atoms with E-state index < -0.39 is 10.5 Å². The van der Waals surface area contributed by atoms with Gasteiger partial charge in [0.2, 0.25) is 0 Å². The van der Waals surface area contributed by atoms with Crippen molar-refractivity contribution in [3.05, 3.63) is 56.5 Å². The van der Waals surface area contributed by atoms with Crippen molar-refractivity contribution in [2.24, 2.45) is 0 Å². The van der Waals surface area contributed by atoms with E-state index in [0.29, 0.717) is 22.8 Å². The molecule has 0 aliphatic rings. The molecule has 1 unspecified atom stereocenters. The van der Waals surface area contributed by atoms with Crippen LogP contribution in [-0.2, 0) is 5.60 Å². The van der Waals surface area contributed by atoms with Crippen LogP contribution in [0.4, 0.5) is 11.4 Å². The van der Waals surface area contributed by atoms with Gasteiger partial charge < -0.3 is 14.8 Å². The summed E-state index contributed by atoms with van der Waals surface area (Å²) in [6.07, 6.45) is 0. The molecular weight excluding hydrogens is 308 g/mol. The van der Waals surface area contributed by atoms with Crippen LogP contribution in [0, 0.1) is 24.0 Å². The van der Waals surface area contributed by atoms with E-state index >= 15 is 0 Å². The fourth-order valence-corrected chi connectivity index (χ4v) is 2.45. The van der Waals surface area contributed by atoms with E-state index in [1.54, 1.807) is 32.9 Å². The number of hydrogen-bond donors (Lipinski definition) is 2. The van der Waals surface area contributed by atoms with E-state index in [-0.39, 0.29) is 17.3 Å². The zero-order valence-electron chi connectivity index (χ0n) is 12.5. The maximum atomic E-state index is 10.8. The molecule has 0 spiro atoms. The molecule has 2 aromatic rings. The number of aryl methyl sites for hydroxylation is 2. The van der Waals surface area contributed by atoms with Gasteiger partial charge in [0.25, 0.3) is 5.69 Å². The average Bonchev–Trinajstić information content (AvgIpc) is 2.85. The quantitative estimate of drug-likeness (QED) is 0.645. The Morgan fingerprint density at radius 3 is 2.59 bits per heavy atom. The summed E-state index contributed by atoms with van der Waals surface area (Å²) in [5.41, 5.74) is -0.117. The largest absolute Gasteiger partial charge is 0.463 e. The van der Waals surface area contributed by atoms with Gasteiger partial charge in [0.15, 0.2) is 0 Å². The van der Waals surface area contributed by atoms with Crippen molar-refractivity contribution in [2.45, 2.75) is 26.4 Å². The molecule has 0 radical (unpaired) electrons. The molecule has 118 valence electrons. The Morgan fingerprint density at radius 2 is 2.09 bits per heavy atom. The lowest BCUT2D eigenvalue weighted by Gasteiger charge is -2.23. The second-order valence-electron chi connectivity index (χ2n) is 5.41. The second-order valence-corrected chi connectivity index (χ2v) is 5.82. The molecule has 1 atom stereocenters. The zero-order chi connectivity index (χ0) is 16.5. The third-order valence-electron chi connectivity index (χ3n) is 3.36. The fourth-order valence-electron chi connectivity index (χ4n) is 2.13. The van der Waals surface area contributed by atoms with Crippen molar-refractivity contribution >= 4 is 23.0 Å².